The summed E-state index contributed by atoms with van der Waals surface area (Å²) >= 11 is 6.10. The molecule has 1 heterocycles. The van der Waals surface area contributed by atoms with Gasteiger partial charge in [-0.15, -0.1) is 0 Å². The predicted molar refractivity (Wildman–Crippen MR) is 73.6 cm³/mol. The van der Waals surface area contributed by atoms with Crippen molar-refractivity contribution in [2.75, 3.05) is 7.11 Å². The molecular weight excluding hydrogens is 292 g/mol. The zero-order chi connectivity index (χ0) is 15.4. The highest BCUT2D eigenvalue weighted by atomic mass is 35.5. The second kappa shape index (κ2) is 6.08. The lowest BCUT2D eigenvalue weighted by atomic mass is 10.1. The third kappa shape index (κ3) is 2.86. The molecule has 21 heavy (non-hydrogen) atoms. The van der Waals surface area contributed by atoms with Crippen LogP contribution in [0.5, 0.6) is 0 Å². The molecule has 0 bridgehead atoms. The number of aromatic nitrogens is 2. The molecule has 2 rings (SSSR count). The number of halogens is 1. The van der Waals surface area contributed by atoms with E-state index in [1.54, 1.807) is 18.2 Å². The highest BCUT2D eigenvalue weighted by Crippen LogP contribution is 2.20. The summed E-state index contributed by atoms with van der Waals surface area (Å²) in [6, 6.07) is 8.49. The monoisotopic (exact) mass is 300 g/mol. The van der Waals surface area contributed by atoms with Gasteiger partial charge in [0.15, 0.2) is 11.4 Å². The van der Waals surface area contributed by atoms with E-state index >= 15 is 0 Å². The molecule has 0 N–H and O–H groups in total. The number of imidazole rings is 1. The van der Waals surface area contributed by atoms with E-state index in [1.807, 2.05) is 12.1 Å². The van der Waals surface area contributed by atoms with E-state index in [1.165, 1.54) is 18.0 Å². The largest absolute Gasteiger partial charge is 0.465 e. The van der Waals surface area contributed by atoms with Gasteiger partial charge in [0, 0.05) is 5.02 Å². The van der Waals surface area contributed by atoms with E-state index in [-0.39, 0.29) is 17.9 Å². The number of nitrogens with zero attached hydrogens (tertiary/aromatic N) is 4. The first-order valence-electron chi connectivity index (χ1n) is 5.82. The van der Waals surface area contributed by atoms with Crippen molar-refractivity contribution in [3.63, 3.8) is 0 Å². The third-order valence-electron chi connectivity index (χ3n) is 2.86. The Hall–Kier alpha value is -2.83. The maximum Gasteiger partial charge on any atom is 0.337 e. The first-order chi connectivity index (χ1) is 10.1. The van der Waals surface area contributed by atoms with Crippen LogP contribution in [0, 0.1) is 22.7 Å². The summed E-state index contributed by atoms with van der Waals surface area (Å²) in [6.45, 7) is 0.223. The minimum absolute atomic E-state index is 0.0535. The molecule has 6 nitrogen and oxygen atoms in total. The Morgan fingerprint density at radius 3 is 2.81 bits per heavy atom. The Kier molecular flexibility index (Phi) is 4.22. The van der Waals surface area contributed by atoms with Gasteiger partial charge in [0.25, 0.3) is 0 Å². The number of carbonyl (C=O) groups excluding carboxylic acids is 1. The molecular formula is C14H9ClN4O2. The third-order valence-corrected chi connectivity index (χ3v) is 3.23. The average molecular weight is 301 g/mol. The van der Waals surface area contributed by atoms with Crippen LogP contribution >= 0.6 is 11.6 Å². The van der Waals surface area contributed by atoms with Crippen LogP contribution in [0.2, 0.25) is 5.02 Å². The number of ether oxygens (including phenoxy) is 1. The standard InChI is InChI=1S/C14H9ClN4O2/c1-21-14(20)9-2-3-11(15)10(4-9)7-19-8-18-12(5-16)13(19)6-17/h2-4,8H,7H2,1H3. The SMILES string of the molecule is COC(=O)c1ccc(Cl)c(Cn2cnc(C#N)c2C#N)c1. The topological polar surface area (TPSA) is 91.7 Å². The summed E-state index contributed by atoms with van der Waals surface area (Å²) in [5.74, 6) is -0.475. The first-order valence-corrected chi connectivity index (χ1v) is 6.20. The molecule has 1 aromatic heterocycles. The summed E-state index contributed by atoms with van der Waals surface area (Å²) in [7, 11) is 1.29. The van der Waals surface area contributed by atoms with Crippen LogP contribution in [0.3, 0.4) is 0 Å². The molecule has 0 aliphatic heterocycles. The highest BCUT2D eigenvalue weighted by molar-refractivity contribution is 6.31. The van der Waals surface area contributed by atoms with Crippen LogP contribution in [0.4, 0.5) is 0 Å². The van der Waals surface area contributed by atoms with Crippen molar-refractivity contribution in [1.82, 2.24) is 9.55 Å². The molecule has 0 fully saturated rings. The molecule has 104 valence electrons. The molecule has 0 saturated carbocycles. The summed E-state index contributed by atoms with van der Waals surface area (Å²) in [6.07, 6.45) is 1.39. The van der Waals surface area contributed by atoms with E-state index in [0.29, 0.717) is 16.1 Å². The predicted octanol–water partition coefficient (Wildman–Crippen LogP) is 2.11. The lowest BCUT2D eigenvalue weighted by molar-refractivity contribution is 0.0600. The molecule has 0 atom stereocenters. The maximum atomic E-state index is 11.5. The Labute approximate surface area is 125 Å². The quantitative estimate of drug-likeness (QED) is 0.810. The van der Waals surface area contributed by atoms with Crippen LogP contribution in [-0.2, 0) is 11.3 Å². The van der Waals surface area contributed by atoms with E-state index in [4.69, 9.17) is 22.1 Å². The smallest absolute Gasteiger partial charge is 0.337 e. The molecule has 0 saturated heterocycles. The molecule has 2 aromatic rings. The molecule has 7 heteroatoms. The number of benzene rings is 1. The number of rotatable bonds is 3. The minimum atomic E-state index is -0.475. The van der Waals surface area contributed by atoms with E-state index in [2.05, 4.69) is 9.72 Å². The Balaban J connectivity index is 2.41. The average Bonchev–Trinajstić information content (AvgIpc) is 2.90. The van der Waals surface area contributed by atoms with Gasteiger partial charge in [0.2, 0.25) is 0 Å². The molecule has 1 aromatic carbocycles. The fourth-order valence-corrected chi connectivity index (χ4v) is 2.00. The van der Waals surface area contributed by atoms with Gasteiger partial charge < -0.3 is 9.30 Å². The number of hydrogen-bond donors (Lipinski definition) is 0. The fraction of sp³-hybridized carbons (Fsp3) is 0.143. The van der Waals surface area contributed by atoms with E-state index < -0.39 is 5.97 Å². The summed E-state index contributed by atoms with van der Waals surface area (Å²) in [5.41, 5.74) is 1.18. The zero-order valence-corrected chi connectivity index (χ0v) is 11.8. The van der Waals surface area contributed by atoms with Crippen molar-refractivity contribution >= 4 is 17.6 Å². The second-order valence-corrected chi connectivity index (χ2v) is 4.50. The van der Waals surface area contributed by atoms with Gasteiger partial charge in [-0.1, -0.05) is 11.6 Å². The lowest BCUT2D eigenvalue weighted by Gasteiger charge is -2.08. The van der Waals surface area contributed by atoms with Gasteiger partial charge in [-0.25, -0.2) is 9.78 Å². The maximum absolute atomic E-state index is 11.5. The normalized spacial score (nSPS) is 9.71. The Morgan fingerprint density at radius 2 is 2.19 bits per heavy atom. The fourth-order valence-electron chi connectivity index (χ4n) is 1.83. The van der Waals surface area contributed by atoms with Gasteiger partial charge in [0.1, 0.15) is 12.1 Å². The van der Waals surface area contributed by atoms with Crippen LogP contribution < -0.4 is 0 Å². The lowest BCUT2D eigenvalue weighted by Crippen LogP contribution is -2.06. The molecule has 0 radical (unpaired) electrons. The number of hydrogen-bond acceptors (Lipinski definition) is 5. The van der Waals surface area contributed by atoms with Crippen LogP contribution in [-0.4, -0.2) is 22.6 Å². The molecule has 0 aliphatic carbocycles. The minimum Gasteiger partial charge on any atom is -0.465 e. The van der Waals surface area contributed by atoms with Crippen molar-refractivity contribution in [3.05, 3.63) is 52.1 Å². The summed E-state index contributed by atoms with van der Waals surface area (Å²) in [4.78, 5) is 15.4. The van der Waals surface area contributed by atoms with Crippen molar-refractivity contribution in [2.24, 2.45) is 0 Å². The van der Waals surface area contributed by atoms with Gasteiger partial charge in [-0.3, -0.25) is 0 Å². The Morgan fingerprint density at radius 1 is 1.43 bits per heavy atom. The van der Waals surface area contributed by atoms with Crippen molar-refractivity contribution < 1.29 is 9.53 Å². The number of nitriles is 2. The summed E-state index contributed by atoms with van der Waals surface area (Å²) in [5, 5.41) is 18.4. The van der Waals surface area contributed by atoms with Gasteiger partial charge >= 0.3 is 5.97 Å². The highest BCUT2D eigenvalue weighted by Gasteiger charge is 2.13. The molecule has 0 aliphatic rings. The second-order valence-electron chi connectivity index (χ2n) is 4.09. The summed E-state index contributed by atoms with van der Waals surface area (Å²) < 4.78 is 6.15. The van der Waals surface area contributed by atoms with Crippen molar-refractivity contribution in [2.45, 2.75) is 6.54 Å². The van der Waals surface area contributed by atoms with Crippen molar-refractivity contribution in [1.29, 1.82) is 10.5 Å². The first kappa shape index (κ1) is 14.6. The Bertz CT molecular complexity index is 783. The van der Waals surface area contributed by atoms with Gasteiger partial charge in [-0.2, -0.15) is 10.5 Å². The zero-order valence-electron chi connectivity index (χ0n) is 11.0. The van der Waals surface area contributed by atoms with Crippen molar-refractivity contribution in [3.8, 4) is 12.1 Å². The number of esters is 1. The molecule has 0 amide bonds. The van der Waals surface area contributed by atoms with Gasteiger partial charge in [-0.05, 0) is 23.8 Å². The molecule has 0 spiro atoms. The van der Waals surface area contributed by atoms with E-state index in [9.17, 15) is 4.79 Å². The molecule has 0 unspecified atom stereocenters. The van der Waals surface area contributed by atoms with E-state index in [0.717, 1.165) is 0 Å². The number of methoxy groups -OCH3 is 1. The van der Waals surface area contributed by atoms with Gasteiger partial charge in [0.05, 0.1) is 25.5 Å². The van der Waals surface area contributed by atoms with Crippen LogP contribution in [0.25, 0.3) is 0 Å². The van der Waals surface area contributed by atoms with Crippen LogP contribution in [0.15, 0.2) is 24.5 Å². The van der Waals surface area contributed by atoms with Crippen LogP contribution in [0.1, 0.15) is 27.3 Å². The number of carbonyl (C=O) groups is 1.